The van der Waals surface area contributed by atoms with Crippen LogP contribution in [0.4, 0.5) is 4.79 Å². The molecule has 1 aromatic carbocycles. The third kappa shape index (κ3) is 7.00. The molecule has 2 N–H and O–H groups in total. The molecule has 0 radical (unpaired) electrons. The van der Waals surface area contributed by atoms with Crippen LogP contribution in [0.1, 0.15) is 32.8 Å². The first-order valence-electron chi connectivity index (χ1n) is 7.74. The molecular formula is C16H26N2O4S. The summed E-state index contributed by atoms with van der Waals surface area (Å²) in [6.45, 7) is 8.02. The van der Waals surface area contributed by atoms with Crippen molar-refractivity contribution in [2.24, 2.45) is 5.92 Å². The van der Waals surface area contributed by atoms with E-state index in [4.69, 9.17) is 4.74 Å². The van der Waals surface area contributed by atoms with Crippen LogP contribution < -0.4 is 10.0 Å². The molecule has 0 aliphatic carbocycles. The van der Waals surface area contributed by atoms with Gasteiger partial charge >= 0.3 is 6.09 Å². The average molecular weight is 342 g/mol. The molecule has 0 heterocycles. The molecule has 1 aromatic rings. The van der Waals surface area contributed by atoms with Gasteiger partial charge in [-0.3, -0.25) is 0 Å². The highest BCUT2D eigenvalue weighted by molar-refractivity contribution is 7.89. The summed E-state index contributed by atoms with van der Waals surface area (Å²) in [6.07, 6.45) is 0.113. The number of benzene rings is 1. The molecule has 0 aromatic heterocycles. The summed E-state index contributed by atoms with van der Waals surface area (Å²) in [5.41, 5.74) is 0.991. The van der Waals surface area contributed by atoms with Crippen LogP contribution in [0.15, 0.2) is 29.2 Å². The van der Waals surface area contributed by atoms with Gasteiger partial charge in [-0.25, -0.2) is 17.9 Å². The van der Waals surface area contributed by atoms with Crippen LogP contribution in [0.25, 0.3) is 0 Å². The Hall–Kier alpha value is -1.60. The Labute approximate surface area is 138 Å². The number of nitrogens with one attached hydrogen (secondary N) is 2. The van der Waals surface area contributed by atoms with Crippen LogP contribution in [0.5, 0.6) is 0 Å². The van der Waals surface area contributed by atoms with Gasteiger partial charge in [0.25, 0.3) is 0 Å². The molecule has 1 amide bonds. The Kier molecular flexibility index (Phi) is 7.51. The Morgan fingerprint density at radius 2 is 1.83 bits per heavy atom. The second-order valence-electron chi connectivity index (χ2n) is 5.86. The van der Waals surface area contributed by atoms with Gasteiger partial charge in [-0.15, -0.1) is 0 Å². The molecule has 0 saturated carbocycles. The minimum Gasteiger partial charge on any atom is -0.450 e. The molecule has 0 aliphatic heterocycles. The van der Waals surface area contributed by atoms with Gasteiger partial charge in [0.1, 0.15) is 0 Å². The first-order chi connectivity index (χ1) is 10.7. The quantitative estimate of drug-likeness (QED) is 0.760. The van der Waals surface area contributed by atoms with E-state index in [1.165, 1.54) is 0 Å². The van der Waals surface area contributed by atoms with E-state index in [0.29, 0.717) is 12.3 Å². The van der Waals surface area contributed by atoms with Crippen molar-refractivity contribution in [2.75, 3.05) is 13.2 Å². The smallest absolute Gasteiger partial charge is 0.407 e. The molecule has 0 saturated heterocycles. The van der Waals surface area contributed by atoms with Crippen molar-refractivity contribution in [1.29, 1.82) is 0 Å². The van der Waals surface area contributed by atoms with Crippen LogP contribution in [0.3, 0.4) is 0 Å². The lowest BCUT2D eigenvalue weighted by Gasteiger charge is -2.20. The molecule has 0 aliphatic rings. The number of carbonyl (C=O) groups is 1. The Morgan fingerprint density at radius 1 is 1.22 bits per heavy atom. The maximum Gasteiger partial charge on any atom is 0.407 e. The van der Waals surface area contributed by atoms with Crippen LogP contribution >= 0.6 is 0 Å². The molecule has 6 nitrogen and oxygen atoms in total. The molecule has 130 valence electrons. The Morgan fingerprint density at radius 3 is 2.35 bits per heavy atom. The van der Waals surface area contributed by atoms with E-state index in [2.05, 4.69) is 10.0 Å². The molecule has 1 unspecified atom stereocenters. The Balaban J connectivity index is 2.71. The standard InChI is InChI=1S/C16H26N2O4S/c1-5-22-16(19)18-14(10-12(2)3)11-17-23(20,21)15-8-6-13(4)7-9-15/h6-9,12,14,17H,5,10-11H2,1-4H3,(H,18,19). The van der Waals surface area contributed by atoms with Gasteiger partial charge in [0.2, 0.25) is 10.0 Å². The zero-order valence-electron chi connectivity index (χ0n) is 14.1. The molecule has 0 spiro atoms. The maximum absolute atomic E-state index is 12.3. The summed E-state index contributed by atoms with van der Waals surface area (Å²) in [4.78, 5) is 11.8. The van der Waals surface area contributed by atoms with Crippen molar-refractivity contribution in [3.8, 4) is 0 Å². The van der Waals surface area contributed by atoms with E-state index in [9.17, 15) is 13.2 Å². The van der Waals surface area contributed by atoms with Crippen molar-refractivity contribution < 1.29 is 17.9 Å². The topological polar surface area (TPSA) is 84.5 Å². The van der Waals surface area contributed by atoms with Crippen LogP contribution in [-0.4, -0.2) is 33.7 Å². The zero-order valence-corrected chi connectivity index (χ0v) is 14.9. The number of sulfonamides is 1. The summed E-state index contributed by atoms with van der Waals surface area (Å²) >= 11 is 0. The maximum atomic E-state index is 12.3. The average Bonchev–Trinajstić information content (AvgIpc) is 2.45. The molecule has 1 rings (SSSR count). The SMILES string of the molecule is CCOC(=O)NC(CNS(=O)(=O)c1ccc(C)cc1)CC(C)C. The normalized spacial score (nSPS) is 12.9. The number of ether oxygens (including phenoxy) is 1. The fourth-order valence-electron chi connectivity index (χ4n) is 2.11. The van der Waals surface area contributed by atoms with Crippen molar-refractivity contribution in [3.63, 3.8) is 0 Å². The molecule has 1 atom stereocenters. The lowest BCUT2D eigenvalue weighted by Crippen LogP contribution is -2.44. The van der Waals surface area contributed by atoms with Gasteiger partial charge in [-0.05, 0) is 38.3 Å². The van der Waals surface area contributed by atoms with E-state index >= 15 is 0 Å². The highest BCUT2D eigenvalue weighted by atomic mass is 32.2. The van der Waals surface area contributed by atoms with E-state index in [1.54, 1.807) is 31.2 Å². The van der Waals surface area contributed by atoms with Gasteiger partial charge < -0.3 is 10.1 Å². The number of carbonyl (C=O) groups excluding carboxylic acids is 1. The van der Waals surface area contributed by atoms with E-state index in [1.807, 2.05) is 20.8 Å². The number of hydrogen-bond donors (Lipinski definition) is 2. The minimum atomic E-state index is -3.60. The van der Waals surface area contributed by atoms with Crippen LogP contribution in [0.2, 0.25) is 0 Å². The largest absolute Gasteiger partial charge is 0.450 e. The summed E-state index contributed by atoms with van der Waals surface area (Å²) in [7, 11) is -3.60. The first-order valence-corrected chi connectivity index (χ1v) is 9.22. The van der Waals surface area contributed by atoms with Crippen LogP contribution in [0, 0.1) is 12.8 Å². The monoisotopic (exact) mass is 342 g/mol. The molecule has 7 heteroatoms. The fourth-order valence-corrected chi connectivity index (χ4v) is 3.19. The number of alkyl carbamates (subject to hydrolysis) is 1. The van der Waals surface area contributed by atoms with Crippen molar-refractivity contribution >= 4 is 16.1 Å². The second kappa shape index (κ2) is 8.88. The molecular weight excluding hydrogens is 316 g/mol. The Bertz CT molecular complexity index is 597. The van der Waals surface area contributed by atoms with E-state index in [-0.39, 0.29) is 24.1 Å². The third-order valence-corrected chi connectivity index (χ3v) is 4.64. The van der Waals surface area contributed by atoms with Crippen molar-refractivity contribution in [3.05, 3.63) is 29.8 Å². The summed E-state index contributed by atoms with van der Waals surface area (Å²) in [6, 6.07) is 6.30. The van der Waals surface area contributed by atoms with Crippen molar-refractivity contribution in [1.82, 2.24) is 10.0 Å². The van der Waals surface area contributed by atoms with Gasteiger partial charge in [-0.2, -0.15) is 0 Å². The predicted octanol–water partition coefficient (Wildman–Crippen LogP) is 2.43. The van der Waals surface area contributed by atoms with E-state index < -0.39 is 16.1 Å². The highest BCUT2D eigenvalue weighted by Gasteiger charge is 2.19. The van der Waals surface area contributed by atoms with Gasteiger partial charge in [-0.1, -0.05) is 31.5 Å². The molecule has 0 fully saturated rings. The van der Waals surface area contributed by atoms with Crippen molar-refractivity contribution in [2.45, 2.75) is 45.1 Å². The lowest BCUT2D eigenvalue weighted by atomic mass is 10.0. The first kappa shape index (κ1) is 19.4. The van der Waals surface area contributed by atoms with E-state index in [0.717, 1.165) is 5.56 Å². The highest BCUT2D eigenvalue weighted by Crippen LogP contribution is 2.11. The summed E-state index contributed by atoms with van der Waals surface area (Å²) in [5.74, 6) is 0.311. The van der Waals surface area contributed by atoms with Crippen LogP contribution in [-0.2, 0) is 14.8 Å². The number of hydrogen-bond acceptors (Lipinski definition) is 4. The number of rotatable bonds is 8. The summed E-state index contributed by atoms with van der Waals surface area (Å²) in [5, 5.41) is 2.69. The minimum absolute atomic E-state index is 0.118. The third-order valence-electron chi connectivity index (χ3n) is 3.20. The zero-order chi connectivity index (χ0) is 17.5. The lowest BCUT2D eigenvalue weighted by molar-refractivity contribution is 0.146. The predicted molar refractivity (Wildman–Crippen MR) is 89.8 cm³/mol. The number of amides is 1. The molecule has 23 heavy (non-hydrogen) atoms. The van der Waals surface area contributed by atoms with Gasteiger partial charge in [0, 0.05) is 12.6 Å². The number of aryl methyl sites for hydroxylation is 1. The second-order valence-corrected chi connectivity index (χ2v) is 7.62. The summed E-state index contributed by atoms with van der Waals surface area (Å²) < 4.78 is 32.0. The fraction of sp³-hybridized carbons (Fsp3) is 0.562. The van der Waals surface area contributed by atoms with Gasteiger partial charge in [0.15, 0.2) is 0 Å². The molecule has 0 bridgehead atoms. The van der Waals surface area contributed by atoms with Gasteiger partial charge in [0.05, 0.1) is 11.5 Å².